The van der Waals surface area contributed by atoms with Crippen molar-refractivity contribution in [1.82, 2.24) is 19.4 Å². The average molecular weight is 517 g/mol. The van der Waals surface area contributed by atoms with Gasteiger partial charge in [0, 0.05) is 50.6 Å². The van der Waals surface area contributed by atoms with Gasteiger partial charge in [0.15, 0.2) is 0 Å². The summed E-state index contributed by atoms with van der Waals surface area (Å²) in [7, 11) is 0. The molecular weight excluding hydrogens is 487 g/mol. The number of carbonyl (C=O) groups excluding carboxylic acids is 1. The smallest absolute Gasteiger partial charge is 0.271 e. The van der Waals surface area contributed by atoms with Gasteiger partial charge in [-0.1, -0.05) is 30.3 Å². The molecule has 1 aliphatic heterocycles. The van der Waals surface area contributed by atoms with Gasteiger partial charge in [0.2, 0.25) is 5.91 Å². The number of hydrogen-bond donors (Lipinski definition) is 0. The second kappa shape index (κ2) is 9.84. The summed E-state index contributed by atoms with van der Waals surface area (Å²) in [6, 6.07) is 15.1. The second-order valence-electron chi connectivity index (χ2n) is 10.1. The van der Waals surface area contributed by atoms with Crippen molar-refractivity contribution in [1.29, 1.82) is 0 Å². The van der Waals surface area contributed by atoms with Crippen molar-refractivity contribution in [2.24, 2.45) is 0 Å². The van der Waals surface area contributed by atoms with E-state index in [1.54, 1.807) is 30.0 Å². The topological polar surface area (TPSA) is 58.4 Å². The van der Waals surface area contributed by atoms with Gasteiger partial charge in [-0.25, -0.2) is 9.37 Å². The van der Waals surface area contributed by atoms with Crippen molar-refractivity contribution in [3.05, 3.63) is 87.7 Å². The minimum atomic E-state index is -0.275. The molecule has 4 aromatic rings. The van der Waals surface area contributed by atoms with E-state index in [1.165, 1.54) is 40.2 Å². The molecule has 1 saturated heterocycles. The molecule has 2 aromatic heterocycles. The van der Waals surface area contributed by atoms with E-state index in [4.69, 9.17) is 0 Å². The summed E-state index contributed by atoms with van der Waals surface area (Å²) in [6.45, 7) is 5.94. The highest BCUT2D eigenvalue weighted by Gasteiger charge is 2.24. The van der Waals surface area contributed by atoms with Gasteiger partial charge in [-0.3, -0.25) is 19.1 Å². The predicted molar refractivity (Wildman–Crippen MR) is 144 cm³/mol. The molecule has 2 aromatic carbocycles. The fraction of sp³-hybridized carbons (Fsp3) is 0.345. The molecule has 6 rings (SSSR count). The van der Waals surface area contributed by atoms with Crippen LogP contribution in [0.2, 0.25) is 0 Å². The number of thiophene rings is 1. The van der Waals surface area contributed by atoms with Crippen LogP contribution in [-0.2, 0) is 24.2 Å². The normalized spacial score (nSPS) is 18.2. The van der Waals surface area contributed by atoms with E-state index in [2.05, 4.69) is 28.1 Å². The fourth-order valence-electron chi connectivity index (χ4n) is 5.55. The number of hydrogen-bond acceptors (Lipinski definition) is 5. The summed E-state index contributed by atoms with van der Waals surface area (Å²) in [4.78, 5) is 34.8. The molecule has 1 atom stereocenters. The van der Waals surface area contributed by atoms with Crippen molar-refractivity contribution >= 4 is 27.5 Å². The molecule has 0 radical (unpaired) electrons. The number of piperazine rings is 1. The van der Waals surface area contributed by atoms with E-state index in [9.17, 15) is 14.0 Å². The van der Waals surface area contributed by atoms with Crippen LogP contribution >= 0.6 is 11.3 Å². The Bertz CT molecular complexity index is 1520. The van der Waals surface area contributed by atoms with Crippen molar-refractivity contribution in [3.8, 4) is 10.4 Å². The lowest BCUT2D eigenvalue weighted by Crippen LogP contribution is -2.47. The van der Waals surface area contributed by atoms with Gasteiger partial charge >= 0.3 is 0 Å². The fourth-order valence-corrected chi connectivity index (χ4v) is 6.60. The quantitative estimate of drug-likeness (QED) is 0.396. The first-order valence-electron chi connectivity index (χ1n) is 12.8. The zero-order valence-corrected chi connectivity index (χ0v) is 21.6. The predicted octanol–water partition coefficient (Wildman–Crippen LogP) is 4.66. The molecular formula is C29H29FN4O2S. The van der Waals surface area contributed by atoms with Gasteiger partial charge in [-0.15, -0.1) is 11.3 Å². The molecule has 0 bridgehead atoms. The number of aromatic nitrogens is 2. The third kappa shape index (κ3) is 4.83. The number of aryl methyl sites for hydroxylation is 1. The summed E-state index contributed by atoms with van der Waals surface area (Å²) >= 11 is 1.42. The Hall–Kier alpha value is -3.36. The van der Waals surface area contributed by atoms with Gasteiger partial charge < -0.3 is 4.90 Å². The van der Waals surface area contributed by atoms with E-state index in [0.717, 1.165) is 62.4 Å². The van der Waals surface area contributed by atoms with Crippen LogP contribution in [0.3, 0.4) is 0 Å². The van der Waals surface area contributed by atoms with Gasteiger partial charge in [0.1, 0.15) is 10.5 Å². The van der Waals surface area contributed by atoms with Gasteiger partial charge in [0.05, 0.1) is 11.8 Å². The first-order chi connectivity index (χ1) is 17.9. The highest BCUT2D eigenvalue weighted by atomic mass is 32.1. The summed E-state index contributed by atoms with van der Waals surface area (Å²) < 4.78 is 15.8. The van der Waals surface area contributed by atoms with E-state index in [-0.39, 0.29) is 23.3 Å². The average Bonchev–Trinajstić information content (AvgIpc) is 3.35. The number of amides is 1. The Balaban J connectivity index is 1.18. The Labute approximate surface area is 219 Å². The molecule has 1 unspecified atom stereocenters. The maximum absolute atomic E-state index is 13.4. The standard InChI is InChI=1S/C29H29FN4O2S/c1-19(35)33-12-10-32(11-13-33)17-20-2-3-23-15-25(9-6-22(23)14-20)34-18-31-26-16-27(37-28(26)29(34)36)21-4-7-24(30)8-5-21/h2-5,7-8,14,16,18,25H,6,9-13,15,17H2,1H3. The number of halogens is 1. The van der Waals surface area contributed by atoms with Crippen LogP contribution in [0.5, 0.6) is 0 Å². The number of benzene rings is 2. The first kappa shape index (κ1) is 24.0. The van der Waals surface area contributed by atoms with Crippen LogP contribution in [0.1, 0.15) is 36.1 Å². The zero-order valence-electron chi connectivity index (χ0n) is 20.8. The minimum absolute atomic E-state index is 0.00173. The van der Waals surface area contributed by atoms with Crippen molar-refractivity contribution in [2.45, 2.75) is 38.8 Å². The molecule has 3 heterocycles. The molecule has 37 heavy (non-hydrogen) atoms. The molecule has 2 aliphatic rings. The van der Waals surface area contributed by atoms with Crippen LogP contribution < -0.4 is 5.56 Å². The van der Waals surface area contributed by atoms with Gasteiger partial charge in [0.25, 0.3) is 5.56 Å². The van der Waals surface area contributed by atoms with Gasteiger partial charge in [-0.2, -0.15) is 0 Å². The van der Waals surface area contributed by atoms with Crippen molar-refractivity contribution < 1.29 is 9.18 Å². The summed E-state index contributed by atoms with van der Waals surface area (Å²) in [5, 5.41) is 0. The minimum Gasteiger partial charge on any atom is -0.340 e. The van der Waals surface area contributed by atoms with Crippen LogP contribution in [0.25, 0.3) is 20.7 Å². The largest absolute Gasteiger partial charge is 0.340 e. The molecule has 1 fully saturated rings. The Morgan fingerprint density at radius 2 is 1.84 bits per heavy atom. The number of rotatable bonds is 4. The number of fused-ring (bicyclic) bond motifs is 2. The Kier molecular flexibility index (Phi) is 6.38. The monoisotopic (exact) mass is 516 g/mol. The molecule has 0 N–H and O–H groups in total. The van der Waals surface area contributed by atoms with Crippen molar-refractivity contribution in [3.63, 3.8) is 0 Å². The highest BCUT2D eigenvalue weighted by molar-refractivity contribution is 7.22. The molecule has 8 heteroatoms. The lowest BCUT2D eigenvalue weighted by molar-refractivity contribution is -0.130. The summed E-state index contributed by atoms with van der Waals surface area (Å²) in [6.07, 6.45) is 4.34. The summed E-state index contributed by atoms with van der Waals surface area (Å²) in [5.41, 5.74) is 5.55. The van der Waals surface area contributed by atoms with E-state index < -0.39 is 0 Å². The third-order valence-corrected chi connectivity index (χ3v) is 8.84. The first-order valence-corrected chi connectivity index (χ1v) is 13.6. The molecule has 6 nitrogen and oxygen atoms in total. The lowest BCUT2D eigenvalue weighted by atomic mass is 9.87. The van der Waals surface area contributed by atoms with Crippen LogP contribution in [0.4, 0.5) is 4.39 Å². The molecule has 0 spiro atoms. The summed E-state index contributed by atoms with van der Waals surface area (Å²) in [5.74, 6) is -0.119. The van der Waals surface area contributed by atoms with Crippen LogP contribution in [-0.4, -0.2) is 51.4 Å². The van der Waals surface area contributed by atoms with E-state index in [1.807, 2.05) is 11.0 Å². The molecule has 1 aliphatic carbocycles. The number of carbonyl (C=O) groups is 1. The molecule has 190 valence electrons. The van der Waals surface area contributed by atoms with Crippen LogP contribution in [0.15, 0.2) is 59.7 Å². The third-order valence-electron chi connectivity index (χ3n) is 7.68. The zero-order chi connectivity index (χ0) is 25.5. The SMILES string of the molecule is CC(=O)N1CCN(Cc2ccc3c(c2)CCC(n2cnc4cc(-c5ccc(F)cc5)sc4c2=O)C3)CC1. The van der Waals surface area contributed by atoms with Crippen molar-refractivity contribution in [2.75, 3.05) is 26.2 Å². The van der Waals surface area contributed by atoms with Gasteiger partial charge in [-0.05, 0) is 59.7 Å². The number of nitrogens with zero attached hydrogens (tertiary/aromatic N) is 4. The Morgan fingerprint density at radius 3 is 2.59 bits per heavy atom. The molecule has 1 amide bonds. The Morgan fingerprint density at radius 1 is 1.05 bits per heavy atom. The molecule has 0 saturated carbocycles. The second-order valence-corrected chi connectivity index (χ2v) is 11.1. The van der Waals surface area contributed by atoms with E-state index in [0.29, 0.717) is 10.2 Å². The maximum Gasteiger partial charge on any atom is 0.271 e. The highest BCUT2D eigenvalue weighted by Crippen LogP contribution is 2.33. The van der Waals surface area contributed by atoms with Crippen LogP contribution in [0, 0.1) is 5.82 Å². The lowest BCUT2D eigenvalue weighted by Gasteiger charge is -2.34. The maximum atomic E-state index is 13.4. The van der Waals surface area contributed by atoms with E-state index >= 15 is 0 Å².